The van der Waals surface area contributed by atoms with E-state index in [1.165, 1.54) is 10.4 Å². The van der Waals surface area contributed by atoms with E-state index in [4.69, 9.17) is 0 Å². The Bertz CT molecular complexity index is 1320. The van der Waals surface area contributed by atoms with Crippen LogP contribution in [0.5, 0.6) is 0 Å². The van der Waals surface area contributed by atoms with E-state index in [9.17, 15) is 9.59 Å². The van der Waals surface area contributed by atoms with Gasteiger partial charge in [-0.25, -0.2) is 0 Å². The lowest BCUT2D eigenvalue weighted by molar-refractivity contribution is -0.116. The van der Waals surface area contributed by atoms with Gasteiger partial charge in [0, 0.05) is 66.9 Å². The van der Waals surface area contributed by atoms with Crippen LogP contribution in [0.4, 0.5) is 5.69 Å². The molecule has 6 nitrogen and oxygen atoms in total. The second kappa shape index (κ2) is 11.5. The molecule has 5 rings (SSSR count). The number of nitrogens with one attached hydrogen (secondary N) is 1. The van der Waals surface area contributed by atoms with Crippen LogP contribution in [0.3, 0.4) is 0 Å². The van der Waals surface area contributed by atoms with Crippen LogP contribution < -0.4 is 5.32 Å². The highest BCUT2D eigenvalue weighted by molar-refractivity contribution is 7.09. The first-order valence-electron chi connectivity index (χ1n) is 12.4. The maximum absolute atomic E-state index is 13.2. The highest BCUT2D eigenvalue weighted by Crippen LogP contribution is 2.20. The second-order valence-electron chi connectivity index (χ2n) is 9.12. The minimum atomic E-state index is -0.0207. The third-order valence-corrected chi connectivity index (χ3v) is 7.51. The first-order valence-corrected chi connectivity index (χ1v) is 13.3. The van der Waals surface area contributed by atoms with Gasteiger partial charge in [-0.3, -0.25) is 19.5 Å². The molecule has 0 atom stereocenters. The molecular weight excluding hydrogens is 468 g/mol. The van der Waals surface area contributed by atoms with Crippen LogP contribution in [0.2, 0.25) is 0 Å². The molecule has 2 amide bonds. The van der Waals surface area contributed by atoms with E-state index in [2.05, 4.69) is 50.9 Å². The Kier molecular flexibility index (Phi) is 7.69. The summed E-state index contributed by atoms with van der Waals surface area (Å²) in [5.74, 6) is -0.0111. The van der Waals surface area contributed by atoms with Crippen LogP contribution in [0.15, 0.2) is 78.3 Å². The first-order chi connectivity index (χ1) is 17.7. The number of carbonyl (C=O) groups excluding carboxylic acids is 2. The Morgan fingerprint density at radius 3 is 2.61 bits per heavy atom. The number of fused-ring (bicyclic) bond motifs is 1. The number of aryl methyl sites for hydroxylation is 1. The van der Waals surface area contributed by atoms with Crippen LogP contribution in [-0.4, -0.2) is 52.8 Å². The standard InChI is InChI=1S/C29H30N4O2S/c34-27(13-3-11-26-12-5-19-36-26)31-25-10-2-7-23(20-25)29(35)33-17-15-32(16-18-33)21-24-8-1-6-22-9-4-14-30-28(22)24/h1-2,4-10,12,14,19-20H,3,11,13,15-18,21H2,(H,31,34). The number of aromatic nitrogens is 1. The Morgan fingerprint density at radius 2 is 1.78 bits per heavy atom. The predicted octanol–water partition coefficient (Wildman–Crippen LogP) is 5.22. The normalized spacial score (nSPS) is 14.2. The summed E-state index contributed by atoms with van der Waals surface area (Å²) >= 11 is 1.72. The summed E-state index contributed by atoms with van der Waals surface area (Å²) < 4.78 is 0. The molecule has 184 valence electrons. The van der Waals surface area contributed by atoms with Gasteiger partial charge >= 0.3 is 0 Å². The van der Waals surface area contributed by atoms with Crippen molar-refractivity contribution in [2.45, 2.75) is 25.8 Å². The first kappa shape index (κ1) is 24.2. The van der Waals surface area contributed by atoms with E-state index in [0.717, 1.165) is 43.4 Å². The lowest BCUT2D eigenvalue weighted by Crippen LogP contribution is -2.48. The highest BCUT2D eigenvalue weighted by Gasteiger charge is 2.23. The van der Waals surface area contributed by atoms with E-state index in [0.29, 0.717) is 30.8 Å². The van der Waals surface area contributed by atoms with E-state index in [1.807, 2.05) is 41.4 Å². The number of thiophene rings is 1. The molecule has 36 heavy (non-hydrogen) atoms. The molecule has 0 spiro atoms. The van der Waals surface area contributed by atoms with Gasteiger partial charge in [0.2, 0.25) is 5.91 Å². The molecule has 0 saturated carbocycles. The maximum atomic E-state index is 13.2. The lowest BCUT2D eigenvalue weighted by atomic mass is 10.1. The molecule has 1 fully saturated rings. The van der Waals surface area contributed by atoms with Crippen molar-refractivity contribution in [2.24, 2.45) is 0 Å². The van der Waals surface area contributed by atoms with E-state index < -0.39 is 0 Å². The van der Waals surface area contributed by atoms with Crippen LogP contribution >= 0.6 is 11.3 Å². The molecule has 1 aliphatic heterocycles. The van der Waals surface area contributed by atoms with Crippen molar-refractivity contribution in [3.63, 3.8) is 0 Å². The number of piperazine rings is 1. The zero-order valence-corrected chi connectivity index (χ0v) is 21.0. The van der Waals surface area contributed by atoms with Gasteiger partial charge < -0.3 is 10.2 Å². The van der Waals surface area contributed by atoms with E-state index in [-0.39, 0.29) is 11.8 Å². The summed E-state index contributed by atoms with van der Waals surface area (Å²) in [5.41, 5.74) is 3.54. The van der Waals surface area contributed by atoms with Crippen molar-refractivity contribution in [3.05, 3.63) is 94.3 Å². The lowest BCUT2D eigenvalue weighted by Gasteiger charge is -2.35. The molecular formula is C29H30N4O2S. The molecule has 4 aromatic rings. The van der Waals surface area contributed by atoms with Gasteiger partial charge in [-0.2, -0.15) is 0 Å². The number of carbonyl (C=O) groups is 2. The van der Waals surface area contributed by atoms with Crippen molar-refractivity contribution < 1.29 is 9.59 Å². The predicted molar refractivity (Wildman–Crippen MR) is 145 cm³/mol. The number of pyridine rings is 1. The van der Waals surface area contributed by atoms with Gasteiger partial charge in [-0.1, -0.05) is 36.4 Å². The summed E-state index contributed by atoms with van der Waals surface area (Å²) in [4.78, 5) is 35.7. The number of benzene rings is 2. The highest BCUT2D eigenvalue weighted by atomic mass is 32.1. The molecule has 2 aromatic heterocycles. The van der Waals surface area contributed by atoms with Gasteiger partial charge in [-0.15, -0.1) is 11.3 Å². The van der Waals surface area contributed by atoms with Crippen molar-refractivity contribution >= 4 is 39.7 Å². The Hall–Kier alpha value is -3.55. The summed E-state index contributed by atoms with van der Waals surface area (Å²) in [6, 6.07) is 21.8. The quantitative estimate of drug-likeness (QED) is 0.362. The molecule has 1 N–H and O–H groups in total. The third-order valence-electron chi connectivity index (χ3n) is 6.57. The number of anilines is 1. The van der Waals surface area contributed by atoms with Crippen molar-refractivity contribution in [1.29, 1.82) is 0 Å². The van der Waals surface area contributed by atoms with Crippen LogP contribution in [0, 0.1) is 0 Å². The van der Waals surface area contributed by atoms with Crippen molar-refractivity contribution in [2.75, 3.05) is 31.5 Å². The average Bonchev–Trinajstić information content (AvgIpc) is 3.43. The number of hydrogen-bond acceptors (Lipinski definition) is 5. The van der Waals surface area contributed by atoms with Gasteiger partial charge in [0.15, 0.2) is 0 Å². The molecule has 1 saturated heterocycles. The fourth-order valence-electron chi connectivity index (χ4n) is 4.66. The van der Waals surface area contributed by atoms with E-state index >= 15 is 0 Å². The van der Waals surface area contributed by atoms with Crippen molar-refractivity contribution in [3.8, 4) is 0 Å². The maximum Gasteiger partial charge on any atom is 0.254 e. The zero-order chi connectivity index (χ0) is 24.7. The van der Waals surface area contributed by atoms with Gasteiger partial charge in [0.25, 0.3) is 5.91 Å². The number of para-hydroxylation sites is 1. The molecule has 0 bridgehead atoms. The molecule has 0 radical (unpaired) electrons. The van der Waals surface area contributed by atoms with Gasteiger partial charge in [0.05, 0.1) is 5.52 Å². The summed E-state index contributed by atoms with van der Waals surface area (Å²) in [5, 5.41) is 6.16. The van der Waals surface area contributed by atoms with Crippen LogP contribution in [0.1, 0.15) is 33.6 Å². The molecule has 2 aromatic carbocycles. The third kappa shape index (κ3) is 5.98. The number of amides is 2. The molecule has 1 aliphatic rings. The molecule has 3 heterocycles. The number of rotatable bonds is 8. The monoisotopic (exact) mass is 498 g/mol. The fraction of sp³-hybridized carbons (Fsp3) is 0.276. The van der Waals surface area contributed by atoms with Gasteiger partial charge in [0.1, 0.15) is 0 Å². The second-order valence-corrected chi connectivity index (χ2v) is 10.2. The Morgan fingerprint density at radius 1 is 0.944 bits per heavy atom. The Labute approximate surface area is 215 Å². The summed E-state index contributed by atoms with van der Waals surface area (Å²) in [7, 11) is 0. The minimum absolute atomic E-state index is 0.00951. The topological polar surface area (TPSA) is 65.5 Å². The zero-order valence-electron chi connectivity index (χ0n) is 20.2. The smallest absolute Gasteiger partial charge is 0.254 e. The van der Waals surface area contributed by atoms with Crippen molar-refractivity contribution in [1.82, 2.24) is 14.8 Å². The minimum Gasteiger partial charge on any atom is -0.336 e. The molecule has 0 aliphatic carbocycles. The summed E-state index contributed by atoms with van der Waals surface area (Å²) in [6.07, 6.45) is 4.02. The Balaban J connectivity index is 1.13. The van der Waals surface area contributed by atoms with Gasteiger partial charge in [-0.05, 0) is 54.1 Å². The van der Waals surface area contributed by atoms with E-state index in [1.54, 1.807) is 17.4 Å². The number of nitrogens with zero attached hydrogens (tertiary/aromatic N) is 3. The largest absolute Gasteiger partial charge is 0.336 e. The SMILES string of the molecule is O=C(CCCc1cccs1)Nc1cccc(C(=O)N2CCN(Cc3cccc4cccnc34)CC2)c1. The molecule has 7 heteroatoms. The average molecular weight is 499 g/mol. The van der Waals surface area contributed by atoms with Crippen LogP contribution in [0.25, 0.3) is 10.9 Å². The number of hydrogen-bond donors (Lipinski definition) is 1. The van der Waals surface area contributed by atoms with Crippen LogP contribution in [-0.2, 0) is 17.8 Å². The fourth-order valence-corrected chi connectivity index (χ4v) is 5.41. The summed E-state index contributed by atoms with van der Waals surface area (Å²) in [6.45, 7) is 3.81. The molecule has 0 unspecified atom stereocenters.